The van der Waals surface area contributed by atoms with Crippen LogP contribution < -0.4 is 24.2 Å². The van der Waals surface area contributed by atoms with Crippen LogP contribution in [0.1, 0.15) is 17.5 Å². The van der Waals surface area contributed by atoms with Gasteiger partial charge in [0.15, 0.2) is 11.5 Å². The molecule has 41 heavy (non-hydrogen) atoms. The molecule has 0 N–H and O–H groups in total. The Balaban J connectivity index is 1.34. The highest BCUT2D eigenvalue weighted by molar-refractivity contribution is 6.27. The van der Waals surface area contributed by atoms with Crippen LogP contribution in [0.3, 0.4) is 0 Å². The molecule has 0 bridgehead atoms. The number of pyridine rings is 2. The molecule has 0 atom stereocenters. The third-order valence-corrected chi connectivity index (χ3v) is 7.28. The van der Waals surface area contributed by atoms with Gasteiger partial charge in [0.25, 0.3) is 5.91 Å². The summed E-state index contributed by atoms with van der Waals surface area (Å²) in [4.78, 5) is 38.5. The molecule has 2 aromatic carbocycles. The lowest BCUT2D eigenvalue weighted by Gasteiger charge is -2.33. The summed E-state index contributed by atoms with van der Waals surface area (Å²) in [7, 11) is 3.14. The Hall–Kier alpha value is -4.87. The summed E-state index contributed by atoms with van der Waals surface area (Å²) in [5.74, 6) is 0.609. The molecule has 0 unspecified atom stereocenters. The lowest BCUT2D eigenvalue weighted by Crippen LogP contribution is -2.33. The first-order valence-corrected chi connectivity index (χ1v) is 12.8. The molecule has 4 aromatic rings. The van der Waals surface area contributed by atoms with Gasteiger partial charge in [-0.25, -0.2) is 9.69 Å². The van der Waals surface area contributed by atoms with E-state index < -0.39 is 23.7 Å². The van der Waals surface area contributed by atoms with E-state index >= 15 is 0 Å². The molecule has 1 saturated heterocycles. The number of aromatic nitrogens is 2. The number of halogens is 3. The zero-order chi connectivity index (χ0) is 28.9. The molecule has 2 aliphatic heterocycles. The largest absolute Gasteiger partial charge is 0.493 e. The summed E-state index contributed by atoms with van der Waals surface area (Å²) in [6.07, 6.45) is 0.451. The van der Waals surface area contributed by atoms with Crippen LogP contribution in [-0.2, 0) is 17.4 Å². The van der Waals surface area contributed by atoms with E-state index in [0.29, 0.717) is 23.4 Å². The second kappa shape index (κ2) is 9.95. The number of nitrogens with zero attached hydrogens (tertiary/aromatic N) is 5. The van der Waals surface area contributed by atoms with Gasteiger partial charge in [-0.3, -0.25) is 19.7 Å². The zero-order valence-electron chi connectivity index (χ0n) is 22.1. The number of anilines is 4. The first kappa shape index (κ1) is 26.4. The van der Waals surface area contributed by atoms with Crippen molar-refractivity contribution in [1.82, 2.24) is 9.97 Å². The molecule has 0 saturated carbocycles. The number of ether oxygens (including phenoxy) is 2. The molecule has 9 nitrogen and oxygen atoms in total. The van der Waals surface area contributed by atoms with Crippen LogP contribution in [0.15, 0.2) is 61.1 Å². The van der Waals surface area contributed by atoms with Crippen LogP contribution >= 0.6 is 0 Å². The van der Waals surface area contributed by atoms with E-state index in [1.807, 2.05) is 24.3 Å². The number of alkyl halides is 3. The average Bonchev–Trinajstić information content (AvgIpc) is 3.28. The number of carbonyl (C=O) groups excluding carboxylic acids is 2. The van der Waals surface area contributed by atoms with E-state index in [9.17, 15) is 22.8 Å². The number of fused-ring (bicyclic) bond motifs is 2. The summed E-state index contributed by atoms with van der Waals surface area (Å²) in [6.45, 7) is 0.344. The SMILES string of the molecule is COc1cc2nccc(N3CCCc4cc(N5C(=O)CN(c6cncc(C(F)(F)F)c6)C5=O)ccc43)c2cc1OC. The van der Waals surface area contributed by atoms with Gasteiger partial charge in [-0.15, -0.1) is 0 Å². The molecular weight excluding hydrogens is 539 g/mol. The van der Waals surface area contributed by atoms with Gasteiger partial charge in [0, 0.05) is 36.1 Å². The van der Waals surface area contributed by atoms with E-state index in [2.05, 4.69) is 14.9 Å². The Labute approximate surface area is 232 Å². The second-order valence-corrected chi connectivity index (χ2v) is 9.65. The molecular formula is C29H24F3N5O4. The quantitative estimate of drug-likeness (QED) is 0.287. The number of urea groups is 1. The van der Waals surface area contributed by atoms with Gasteiger partial charge >= 0.3 is 12.2 Å². The molecule has 6 rings (SSSR count). The molecule has 210 valence electrons. The van der Waals surface area contributed by atoms with Gasteiger partial charge in [-0.05, 0) is 54.8 Å². The fourth-order valence-electron chi connectivity index (χ4n) is 5.35. The molecule has 0 spiro atoms. The van der Waals surface area contributed by atoms with Crippen molar-refractivity contribution in [3.05, 3.63) is 72.2 Å². The van der Waals surface area contributed by atoms with Crippen LogP contribution in [0.25, 0.3) is 10.9 Å². The standard InChI is InChI=1S/C29H24F3N5O4/c1-40-25-12-21-22(13-26(25)41-2)34-8-7-24(21)35-9-3-4-17-10-19(5-6-23(17)35)37-27(38)16-36(28(37)39)20-11-18(14-33-15-20)29(30,31)32/h5-8,10-15H,3-4,9,16H2,1-2H3. The van der Waals surface area contributed by atoms with Crippen LogP contribution in [-0.4, -0.2) is 49.2 Å². The van der Waals surface area contributed by atoms with Crippen LogP contribution in [0.5, 0.6) is 11.5 Å². The van der Waals surface area contributed by atoms with E-state index in [4.69, 9.17) is 9.47 Å². The van der Waals surface area contributed by atoms with Gasteiger partial charge in [-0.2, -0.15) is 13.2 Å². The van der Waals surface area contributed by atoms with Crippen molar-refractivity contribution in [2.75, 3.05) is 42.0 Å². The zero-order valence-corrected chi connectivity index (χ0v) is 22.1. The molecule has 3 amide bonds. The lowest BCUT2D eigenvalue weighted by molar-refractivity contribution is -0.137. The lowest BCUT2D eigenvalue weighted by atomic mass is 9.99. The van der Waals surface area contributed by atoms with Gasteiger partial charge in [-0.1, -0.05) is 0 Å². The van der Waals surface area contributed by atoms with Crippen molar-refractivity contribution in [2.45, 2.75) is 19.0 Å². The minimum absolute atomic E-state index is 0.0959. The number of amides is 3. The molecule has 12 heteroatoms. The minimum Gasteiger partial charge on any atom is -0.493 e. The fraction of sp³-hybridized carbons (Fsp3) is 0.241. The van der Waals surface area contributed by atoms with Gasteiger partial charge < -0.3 is 14.4 Å². The van der Waals surface area contributed by atoms with Gasteiger partial charge in [0.1, 0.15) is 6.54 Å². The maximum Gasteiger partial charge on any atom is 0.417 e. The molecule has 1 fully saturated rings. The average molecular weight is 564 g/mol. The monoisotopic (exact) mass is 563 g/mol. The normalized spacial score (nSPS) is 15.5. The first-order valence-electron chi connectivity index (χ1n) is 12.8. The van der Waals surface area contributed by atoms with Crippen molar-refractivity contribution >= 4 is 45.6 Å². The van der Waals surface area contributed by atoms with Crippen LogP contribution in [0, 0.1) is 0 Å². The third kappa shape index (κ3) is 4.54. The Morgan fingerprint density at radius 1 is 0.878 bits per heavy atom. The second-order valence-electron chi connectivity index (χ2n) is 9.65. The fourth-order valence-corrected chi connectivity index (χ4v) is 5.35. The Bertz CT molecular complexity index is 1690. The predicted molar refractivity (Wildman–Crippen MR) is 146 cm³/mol. The van der Waals surface area contributed by atoms with Crippen molar-refractivity contribution < 1.29 is 32.2 Å². The molecule has 0 aliphatic carbocycles. The number of imide groups is 1. The number of carbonyl (C=O) groups is 2. The minimum atomic E-state index is -4.63. The highest BCUT2D eigenvalue weighted by Gasteiger charge is 2.40. The topological polar surface area (TPSA) is 88.1 Å². The Morgan fingerprint density at radius 2 is 1.66 bits per heavy atom. The molecule has 2 aliphatic rings. The van der Waals surface area contributed by atoms with E-state index in [1.165, 1.54) is 0 Å². The summed E-state index contributed by atoms with van der Waals surface area (Å²) < 4.78 is 50.5. The Morgan fingerprint density at radius 3 is 2.41 bits per heavy atom. The number of aryl methyl sites for hydroxylation is 1. The van der Waals surface area contributed by atoms with E-state index in [-0.39, 0.29) is 12.2 Å². The highest BCUT2D eigenvalue weighted by Crippen LogP contribution is 2.42. The van der Waals surface area contributed by atoms with Crippen molar-refractivity contribution in [1.29, 1.82) is 0 Å². The number of benzene rings is 2. The van der Waals surface area contributed by atoms with Crippen molar-refractivity contribution in [3.8, 4) is 11.5 Å². The maximum atomic E-state index is 13.3. The van der Waals surface area contributed by atoms with Crippen molar-refractivity contribution in [3.63, 3.8) is 0 Å². The van der Waals surface area contributed by atoms with E-state index in [1.54, 1.807) is 32.5 Å². The van der Waals surface area contributed by atoms with Crippen LogP contribution in [0.4, 0.5) is 40.7 Å². The molecule has 2 aromatic heterocycles. The number of methoxy groups -OCH3 is 2. The number of hydrogen-bond donors (Lipinski definition) is 0. The molecule has 0 radical (unpaired) electrons. The first-order chi connectivity index (χ1) is 19.7. The van der Waals surface area contributed by atoms with Crippen LogP contribution in [0.2, 0.25) is 0 Å². The maximum absolute atomic E-state index is 13.3. The molecule has 4 heterocycles. The smallest absolute Gasteiger partial charge is 0.417 e. The van der Waals surface area contributed by atoms with Gasteiger partial charge in [0.05, 0.1) is 48.6 Å². The summed E-state index contributed by atoms with van der Waals surface area (Å²) in [6, 6.07) is 11.0. The summed E-state index contributed by atoms with van der Waals surface area (Å²) >= 11 is 0. The van der Waals surface area contributed by atoms with E-state index in [0.717, 1.165) is 69.3 Å². The summed E-state index contributed by atoms with van der Waals surface area (Å²) in [5.41, 5.74) is 2.76. The van der Waals surface area contributed by atoms with Crippen molar-refractivity contribution in [2.24, 2.45) is 0 Å². The number of rotatable bonds is 5. The number of hydrogen-bond acceptors (Lipinski definition) is 7. The highest BCUT2D eigenvalue weighted by atomic mass is 19.4. The van der Waals surface area contributed by atoms with Gasteiger partial charge in [0.2, 0.25) is 0 Å². The predicted octanol–water partition coefficient (Wildman–Crippen LogP) is 5.72. The summed E-state index contributed by atoms with van der Waals surface area (Å²) in [5, 5.41) is 0.873. The third-order valence-electron chi connectivity index (χ3n) is 7.28. The Kier molecular flexibility index (Phi) is 6.40.